The van der Waals surface area contributed by atoms with Gasteiger partial charge in [0, 0.05) is 11.9 Å². The summed E-state index contributed by atoms with van der Waals surface area (Å²) in [5.74, 6) is 1.31. The molecule has 1 aliphatic rings. The topological polar surface area (TPSA) is 9.23 Å². The third-order valence-electron chi connectivity index (χ3n) is 2.21. The van der Waals surface area contributed by atoms with Crippen molar-refractivity contribution in [2.45, 2.75) is 64.7 Å². The SMILES string of the molecule is CC.CCCSC1CCOC(C)(C)C1. The fourth-order valence-electron chi connectivity index (χ4n) is 1.60. The summed E-state index contributed by atoms with van der Waals surface area (Å²) >= 11 is 2.12. The van der Waals surface area contributed by atoms with Crippen molar-refractivity contribution in [2.75, 3.05) is 12.4 Å². The smallest absolute Gasteiger partial charge is 0.0637 e. The maximum absolute atomic E-state index is 5.66. The third kappa shape index (κ3) is 5.92. The van der Waals surface area contributed by atoms with E-state index in [0.29, 0.717) is 0 Å². The molecule has 0 saturated carbocycles. The first kappa shape index (κ1) is 14.3. The van der Waals surface area contributed by atoms with Gasteiger partial charge in [0.15, 0.2) is 0 Å². The van der Waals surface area contributed by atoms with Crippen LogP contribution in [0.2, 0.25) is 0 Å². The molecule has 0 amide bonds. The van der Waals surface area contributed by atoms with Gasteiger partial charge in [-0.05, 0) is 38.9 Å². The quantitative estimate of drug-likeness (QED) is 0.705. The molecule has 1 fully saturated rings. The van der Waals surface area contributed by atoms with Crippen molar-refractivity contribution in [3.63, 3.8) is 0 Å². The Bertz CT molecular complexity index is 134. The Balaban J connectivity index is 0.000000791. The summed E-state index contributed by atoms with van der Waals surface area (Å²) in [6, 6.07) is 0. The number of hydrogen-bond donors (Lipinski definition) is 0. The van der Waals surface area contributed by atoms with Crippen LogP contribution in [-0.2, 0) is 4.74 Å². The maximum atomic E-state index is 5.66. The van der Waals surface area contributed by atoms with Crippen LogP contribution in [0.5, 0.6) is 0 Å². The van der Waals surface area contributed by atoms with Crippen LogP contribution in [0.1, 0.15) is 53.9 Å². The summed E-state index contributed by atoms with van der Waals surface area (Å²) in [5.41, 5.74) is 0.129. The molecule has 0 bridgehead atoms. The second-order valence-electron chi connectivity index (χ2n) is 4.09. The Morgan fingerprint density at radius 3 is 2.50 bits per heavy atom. The predicted molar refractivity (Wildman–Crippen MR) is 67.2 cm³/mol. The van der Waals surface area contributed by atoms with Crippen molar-refractivity contribution >= 4 is 11.8 Å². The first-order valence-electron chi connectivity index (χ1n) is 5.89. The summed E-state index contributed by atoms with van der Waals surface area (Å²) in [6.07, 6.45) is 3.76. The van der Waals surface area contributed by atoms with Gasteiger partial charge in [0.1, 0.15) is 0 Å². The molecule has 0 aromatic rings. The summed E-state index contributed by atoms with van der Waals surface area (Å²) in [5, 5.41) is 0.841. The standard InChI is InChI=1S/C10H20OS.C2H6/c1-4-7-12-9-5-6-11-10(2,3)8-9;1-2/h9H,4-8H2,1-3H3;1-2H3. The Kier molecular flexibility index (Phi) is 7.75. The van der Waals surface area contributed by atoms with E-state index in [4.69, 9.17) is 4.74 Å². The Morgan fingerprint density at radius 2 is 2.00 bits per heavy atom. The minimum absolute atomic E-state index is 0.129. The lowest BCUT2D eigenvalue weighted by atomic mass is 9.98. The molecule has 1 aliphatic heterocycles. The van der Waals surface area contributed by atoms with E-state index in [-0.39, 0.29) is 5.60 Å². The molecule has 86 valence electrons. The molecule has 0 aromatic heterocycles. The highest BCUT2D eigenvalue weighted by atomic mass is 32.2. The minimum atomic E-state index is 0.129. The molecule has 1 saturated heterocycles. The number of ether oxygens (including phenoxy) is 1. The molecule has 1 unspecified atom stereocenters. The lowest BCUT2D eigenvalue weighted by Gasteiger charge is -2.35. The van der Waals surface area contributed by atoms with Crippen LogP contribution in [0, 0.1) is 0 Å². The Morgan fingerprint density at radius 1 is 1.36 bits per heavy atom. The molecule has 1 rings (SSSR count). The van der Waals surface area contributed by atoms with Gasteiger partial charge in [-0.3, -0.25) is 0 Å². The monoisotopic (exact) mass is 218 g/mol. The van der Waals surface area contributed by atoms with Gasteiger partial charge in [-0.1, -0.05) is 20.8 Å². The van der Waals surface area contributed by atoms with Gasteiger partial charge in [-0.2, -0.15) is 11.8 Å². The molecule has 0 aromatic carbocycles. The second-order valence-corrected chi connectivity index (χ2v) is 5.50. The molecule has 2 heteroatoms. The van der Waals surface area contributed by atoms with Crippen molar-refractivity contribution in [2.24, 2.45) is 0 Å². The summed E-state index contributed by atoms with van der Waals surface area (Å²) < 4.78 is 5.66. The van der Waals surface area contributed by atoms with Crippen molar-refractivity contribution in [1.29, 1.82) is 0 Å². The van der Waals surface area contributed by atoms with E-state index in [1.165, 1.54) is 25.0 Å². The van der Waals surface area contributed by atoms with Gasteiger partial charge in [0.2, 0.25) is 0 Å². The van der Waals surface area contributed by atoms with Gasteiger partial charge in [-0.25, -0.2) is 0 Å². The average molecular weight is 218 g/mol. The summed E-state index contributed by atoms with van der Waals surface area (Å²) in [4.78, 5) is 0. The predicted octanol–water partition coefficient (Wildman–Crippen LogP) is 4.11. The van der Waals surface area contributed by atoms with Crippen LogP contribution in [-0.4, -0.2) is 23.2 Å². The second kappa shape index (κ2) is 7.58. The van der Waals surface area contributed by atoms with Gasteiger partial charge >= 0.3 is 0 Å². The molecule has 0 N–H and O–H groups in total. The molecule has 0 radical (unpaired) electrons. The largest absolute Gasteiger partial charge is 0.375 e. The van der Waals surface area contributed by atoms with Gasteiger partial charge in [0.05, 0.1) is 5.60 Å². The molecule has 1 nitrogen and oxygen atoms in total. The highest BCUT2D eigenvalue weighted by Crippen LogP contribution is 2.31. The van der Waals surface area contributed by atoms with E-state index in [0.717, 1.165) is 11.9 Å². The van der Waals surface area contributed by atoms with E-state index < -0.39 is 0 Å². The highest BCUT2D eigenvalue weighted by Gasteiger charge is 2.28. The lowest BCUT2D eigenvalue weighted by molar-refractivity contribution is -0.0485. The number of hydrogen-bond acceptors (Lipinski definition) is 2. The zero-order valence-corrected chi connectivity index (χ0v) is 11.2. The van der Waals surface area contributed by atoms with Gasteiger partial charge in [-0.15, -0.1) is 0 Å². The minimum Gasteiger partial charge on any atom is -0.375 e. The Hall–Kier alpha value is 0.310. The molecule has 0 aliphatic carbocycles. The molecular weight excluding hydrogens is 192 g/mol. The third-order valence-corrected chi connectivity index (χ3v) is 3.73. The molecule has 1 atom stereocenters. The van der Waals surface area contributed by atoms with Crippen molar-refractivity contribution < 1.29 is 4.74 Å². The van der Waals surface area contributed by atoms with Gasteiger partial charge < -0.3 is 4.74 Å². The Labute approximate surface area is 94.0 Å². The van der Waals surface area contributed by atoms with Crippen LogP contribution < -0.4 is 0 Å². The molecule has 0 spiro atoms. The van der Waals surface area contributed by atoms with Crippen molar-refractivity contribution in [3.05, 3.63) is 0 Å². The first-order valence-corrected chi connectivity index (χ1v) is 6.94. The zero-order chi connectivity index (χ0) is 11.0. The van der Waals surface area contributed by atoms with E-state index in [9.17, 15) is 0 Å². The maximum Gasteiger partial charge on any atom is 0.0637 e. The van der Waals surface area contributed by atoms with Crippen molar-refractivity contribution in [3.8, 4) is 0 Å². The normalized spacial score (nSPS) is 25.1. The van der Waals surface area contributed by atoms with Crippen LogP contribution in [0.15, 0.2) is 0 Å². The number of thioether (sulfide) groups is 1. The van der Waals surface area contributed by atoms with Crippen molar-refractivity contribution in [1.82, 2.24) is 0 Å². The molecular formula is C12H26OS. The van der Waals surface area contributed by atoms with Crippen LogP contribution in [0.25, 0.3) is 0 Å². The summed E-state index contributed by atoms with van der Waals surface area (Å²) in [7, 11) is 0. The van der Waals surface area contributed by atoms with Crippen LogP contribution >= 0.6 is 11.8 Å². The van der Waals surface area contributed by atoms with E-state index >= 15 is 0 Å². The summed E-state index contributed by atoms with van der Waals surface area (Å²) in [6.45, 7) is 11.6. The average Bonchev–Trinajstić information content (AvgIpc) is 2.16. The fourth-order valence-corrected chi connectivity index (χ4v) is 2.95. The first-order chi connectivity index (χ1) is 6.64. The van der Waals surface area contributed by atoms with Crippen LogP contribution in [0.4, 0.5) is 0 Å². The number of rotatable bonds is 3. The van der Waals surface area contributed by atoms with Gasteiger partial charge in [0.25, 0.3) is 0 Å². The lowest BCUT2D eigenvalue weighted by Crippen LogP contribution is -2.35. The van der Waals surface area contributed by atoms with E-state index in [2.05, 4.69) is 32.5 Å². The van der Waals surface area contributed by atoms with E-state index in [1.54, 1.807) is 0 Å². The molecule has 14 heavy (non-hydrogen) atoms. The van der Waals surface area contributed by atoms with Crippen LogP contribution in [0.3, 0.4) is 0 Å². The zero-order valence-electron chi connectivity index (χ0n) is 10.4. The molecule has 1 heterocycles. The fraction of sp³-hybridized carbons (Fsp3) is 1.00. The highest BCUT2D eigenvalue weighted by molar-refractivity contribution is 7.99. The van der Waals surface area contributed by atoms with E-state index in [1.807, 2.05) is 13.8 Å².